The first-order valence-corrected chi connectivity index (χ1v) is 8.52. The Kier molecular flexibility index (Phi) is 5.69. The van der Waals surface area contributed by atoms with E-state index >= 15 is 0 Å². The number of carbonyl (C=O) groups is 1. The van der Waals surface area contributed by atoms with Crippen molar-refractivity contribution in [2.24, 2.45) is 0 Å². The van der Waals surface area contributed by atoms with E-state index in [2.05, 4.69) is 41.8 Å². The van der Waals surface area contributed by atoms with Gasteiger partial charge in [0.2, 0.25) is 0 Å². The van der Waals surface area contributed by atoms with Gasteiger partial charge in [0.05, 0.1) is 0 Å². The summed E-state index contributed by atoms with van der Waals surface area (Å²) >= 11 is 0. The topological polar surface area (TPSA) is 50.4 Å². The molecule has 0 saturated heterocycles. The van der Waals surface area contributed by atoms with Crippen molar-refractivity contribution in [3.05, 3.63) is 35.4 Å². The van der Waals surface area contributed by atoms with E-state index < -0.39 is 5.60 Å². The van der Waals surface area contributed by atoms with Gasteiger partial charge in [-0.2, -0.15) is 0 Å². The number of carbonyl (C=O) groups excluding carboxylic acids is 1. The van der Waals surface area contributed by atoms with Crippen molar-refractivity contribution >= 4 is 6.09 Å². The second kappa shape index (κ2) is 7.35. The Hall–Kier alpha value is -1.55. The van der Waals surface area contributed by atoms with Crippen molar-refractivity contribution in [2.45, 2.75) is 71.1 Å². The van der Waals surface area contributed by atoms with Gasteiger partial charge in [-0.15, -0.1) is 0 Å². The third-order valence-corrected chi connectivity index (χ3v) is 4.13. The molecule has 1 aliphatic rings. The maximum Gasteiger partial charge on any atom is 0.407 e. The van der Waals surface area contributed by atoms with Crippen molar-refractivity contribution in [2.75, 3.05) is 6.54 Å². The van der Waals surface area contributed by atoms with Crippen LogP contribution in [0.4, 0.5) is 4.79 Å². The standard InChI is InChI=1S/C19H30N2O2/c1-13-7-6-8-15(9-13)16-10-17(11-16)20-12-14(2)21-18(22)23-19(3,4)5/h6-9,14,16-17,20H,10-12H2,1-5H3,(H,21,22). The van der Waals surface area contributed by atoms with Crippen LogP contribution in [0.3, 0.4) is 0 Å². The summed E-state index contributed by atoms with van der Waals surface area (Å²) < 4.78 is 5.26. The fraction of sp³-hybridized carbons (Fsp3) is 0.632. The molecule has 4 nitrogen and oxygen atoms in total. The monoisotopic (exact) mass is 318 g/mol. The predicted octanol–water partition coefficient (Wildman–Crippen LogP) is 3.74. The van der Waals surface area contributed by atoms with Gasteiger partial charge in [-0.1, -0.05) is 29.8 Å². The van der Waals surface area contributed by atoms with Crippen LogP contribution in [0.2, 0.25) is 0 Å². The average molecular weight is 318 g/mol. The number of alkyl carbamates (subject to hydrolysis) is 1. The molecule has 2 rings (SSSR count). The highest BCUT2D eigenvalue weighted by Gasteiger charge is 2.30. The van der Waals surface area contributed by atoms with Gasteiger partial charge in [0.25, 0.3) is 0 Å². The minimum atomic E-state index is -0.452. The van der Waals surface area contributed by atoms with Crippen LogP contribution in [0.25, 0.3) is 0 Å². The summed E-state index contributed by atoms with van der Waals surface area (Å²) in [7, 11) is 0. The van der Waals surface area contributed by atoms with Crippen LogP contribution < -0.4 is 10.6 Å². The number of hydrogen-bond acceptors (Lipinski definition) is 3. The fourth-order valence-electron chi connectivity index (χ4n) is 2.88. The third kappa shape index (κ3) is 5.87. The number of aryl methyl sites for hydroxylation is 1. The summed E-state index contributed by atoms with van der Waals surface area (Å²) in [5.74, 6) is 0.668. The molecule has 0 radical (unpaired) electrons. The second-order valence-electron chi connectivity index (χ2n) is 7.73. The van der Waals surface area contributed by atoms with Gasteiger partial charge >= 0.3 is 6.09 Å². The quantitative estimate of drug-likeness (QED) is 0.869. The summed E-state index contributed by atoms with van der Waals surface area (Å²) in [4.78, 5) is 11.7. The van der Waals surface area contributed by atoms with Gasteiger partial charge in [-0.25, -0.2) is 4.79 Å². The van der Waals surface area contributed by atoms with Crippen LogP contribution in [-0.4, -0.2) is 30.3 Å². The van der Waals surface area contributed by atoms with Crippen LogP contribution in [-0.2, 0) is 4.74 Å². The highest BCUT2D eigenvalue weighted by molar-refractivity contribution is 5.68. The molecule has 1 fully saturated rings. The molecule has 0 heterocycles. The Morgan fingerprint density at radius 3 is 2.65 bits per heavy atom. The molecule has 23 heavy (non-hydrogen) atoms. The Bertz CT molecular complexity index is 530. The summed E-state index contributed by atoms with van der Waals surface area (Å²) in [6, 6.07) is 9.39. The lowest BCUT2D eigenvalue weighted by molar-refractivity contribution is 0.0506. The van der Waals surface area contributed by atoms with E-state index in [1.54, 1.807) is 0 Å². The molecule has 1 saturated carbocycles. The molecule has 1 aromatic carbocycles. The SMILES string of the molecule is Cc1cccc(C2CC(NCC(C)NC(=O)OC(C)(C)C)C2)c1. The van der Waals surface area contributed by atoms with Gasteiger partial charge in [-0.05, 0) is 58.9 Å². The summed E-state index contributed by atoms with van der Waals surface area (Å²) in [5, 5.41) is 6.40. The maximum absolute atomic E-state index is 11.7. The molecule has 1 unspecified atom stereocenters. The molecule has 1 amide bonds. The summed E-state index contributed by atoms with van der Waals surface area (Å²) in [6.07, 6.45) is 1.99. The van der Waals surface area contributed by atoms with Crippen LogP contribution in [0.5, 0.6) is 0 Å². The lowest BCUT2D eigenvalue weighted by Gasteiger charge is -2.37. The highest BCUT2D eigenvalue weighted by atomic mass is 16.6. The van der Waals surface area contributed by atoms with Gasteiger partial charge < -0.3 is 15.4 Å². The normalized spacial score (nSPS) is 22.1. The van der Waals surface area contributed by atoms with E-state index in [-0.39, 0.29) is 12.1 Å². The predicted molar refractivity (Wildman–Crippen MR) is 93.8 cm³/mol. The van der Waals surface area contributed by atoms with Crippen molar-refractivity contribution in [3.8, 4) is 0 Å². The van der Waals surface area contributed by atoms with E-state index in [9.17, 15) is 4.79 Å². The molecule has 0 aliphatic heterocycles. The third-order valence-electron chi connectivity index (χ3n) is 4.13. The Morgan fingerprint density at radius 2 is 2.04 bits per heavy atom. The van der Waals surface area contributed by atoms with E-state index in [1.165, 1.54) is 24.0 Å². The molecule has 1 aliphatic carbocycles. The van der Waals surface area contributed by atoms with Crippen molar-refractivity contribution in [1.82, 2.24) is 10.6 Å². The number of amides is 1. The fourth-order valence-corrected chi connectivity index (χ4v) is 2.88. The smallest absolute Gasteiger partial charge is 0.407 e. The Labute approximate surface area is 140 Å². The minimum Gasteiger partial charge on any atom is -0.444 e. The Morgan fingerprint density at radius 1 is 1.35 bits per heavy atom. The molecule has 128 valence electrons. The maximum atomic E-state index is 11.7. The zero-order valence-electron chi connectivity index (χ0n) is 15.0. The lowest BCUT2D eigenvalue weighted by Crippen LogP contribution is -2.48. The van der Waals surface area contributed by atoms with Crippen LogP contribution in [0, 0.1) is 6.92 Å². The molecule has 1 atom stereocenters. The highest BCUT2D eigenvalue weighted by Crippen LogP contribution is 2.36. The zero-order chi connectivity index (χ0) is 17.0. The molecule has 0 bridgehead atoms. The minimum absolute atomic E-state index is 0.0582. The van der Waals surface area contributed by atoms with E-state index in [0.29, 0.717) is 12.0 Å². The van der Waals surface area contributed by atoms with Crippen LogP contribution in [0.1, 0.15) is 57.6 Å². The van der Waals surface area contributed by atoms with E-state index in [0.717, 1.165) is 6.54 Å². The van der Waals surface area contributed by atoms with Crippen molar-refractivity contribution in [1.29, 1.82) is 0 Å². The van der Waals surface area contributed by atoms with Gasteiger partial charge in [0.15, 0.2) is 0 Å². The first kappa shape index (κ1) is 17.8. The summed E-state index contributed by atoms with van der Waals surface area (Å²) in [5.41, 5.74) is 2.32. The largest absolute Gasteiger partial charge is 0.444 e. The first-order valence-electron chi connectivity index (χ1n) is 8.52. The number of nitrogens with one attached hydrogen (secondary N) is 2. The Balaban J connectivity index is 1.65. The number of benzene rings is 1. The van der Waals surface area contributed by atoms with Gasteiger partial charge in [0, 0.05) is 18.6 Å². The molecule has 1 aromatic rings. The van der Waals surface area contributed by atoms with Crippen molar-refractivity contribution in [3.63, 3.8) is 0 Å². The number of ether oxygens (including phenoxy) is 1. The average Bonchev–Trinajstić information content (AvgIpc) is 2.34. The molecule has 0 aromatic heterocycles. The molecular weight excluding hydrogens is 288 g/mol. The number of hydrogen-bond donors (Lipinski definition) is 2. The van der Waals surface area contributed by atoms with E-state index in [1.807, 2.05) is 27.7 Å². The molecule has 0 spiro atoms. The lowest BCUT2D eigenvalue weighted by atomic mass is 9.75. The van der Waals surface area contributed by atoms with E-state index in [4.69, 9.17) is 4.74 Å². The first-order chi connectivity index (χ1) is 10.7. The van der Waals surface area contributed by atoms with Crippen molar-refractivity contribution < 1.29 is 9.53 Å². The van der Waals surface area contributed by atoms with Gasteiger partial charge in [-0.3, -0.25) is 0 Å². The van der Waals surface area contributed by atoms with Crippen LogP contribution in [0.15, 0.2) is 24.3 Å². The second-order valence-corrected chi connectivity index (χ2v) is 7.73. The molecular formula is C19H30N2O2. The summed E-state index contributed by atoms with van der Waals surface area (Å²) in [6.45, 7) is 10.5. The van der Waals surface area contributed by atoms with Gasteiger partial charge in [0.1, 0.15) is 5.60 Å². The zero-order valence-corrected chi connectivity index (χ0v) is 15.0. The molecule has 4 heteroatoms. The molecule has 2 N–H and O–H groups in total. The van der Waals surface area contributed by atoms with Crippen LogP contribution >= 0.6 is 0 Å². The number of rotatable bonds is 5.